The molecular weight excluding hydrogens is 408 g/mol. The van der Waals surface area contributed by atoms with Crippen LogP contribution in [0.5, 0.6) is 5.75 Å². The minimum absolute atomic E-state index is 0.0546. The van der Waals surface area contributed by atoms with Crippen LogP contribution in [0.3, 0.4) is 0 Å². The third-order valence-electron chi connectivity index (χ3n) is 4.43. The van der Waals surface area contributed by atoms with Crippen LogP contribution >= 0.6 is 23.4 Å². The zero-order valence-corrected chi connectivity index (χ0v) is 18.6. The average molecular weight is 435 g/mol. The number of halogens is 1. The van der Waals surface area contributed by atoms with Crippen molar-refractivity contribution in [1.82, 2.24) is 10.2 Å². The highest BCUT2D eigenvalue weighted by Crippen LogP contribution is 2.22. The quantitative estimate of drug-likeness (QED) is 0.563. The fraction of sp³-hybridized carbons (Fsp3) is 0.364. The minimum Gasteiger partial charge on any atom is -0.497 e. The number of amides is 2. The third-order valence-corrected chi connectivity index (χ3v) is 5.69. The normalized spacial score (nSPS) is 11.6. The van der Waals surface area contributed by atoms with Crippen molar-refractivity contribution in [2.75, 3.05) is 19.4 Å². The fourth-order valence-corrected chi connectivity index (χ4v) is 3.73. The highest BCUT2D eigenvalue weighted by Gasteiger charge is 2.25. The van der Waals surface area contributed by atoms with E-state index in [1.807, 2.05) is 55.5 Å². The van der Waals surface area contributed by atoms with Crippen molar-refractivity contribution in [3.8, 4) is 5.75 Å². The van der Waals surface area contributed by atoms with E-state index in [4.69, 9.17) is 16.3 Å². The predicted molar refractivity (Wildman–Crippen MR) is 118 cm³/mol. The Hall–Kier alpha value is -2.18. The first-order chi connectivity index (χ1) is 13.9. The molecule has 0 aliphatic heterocycles. The van der Waals surface area contributed by atoms with Gasteiger partial charge >= 0.3 is 0 Å². The van der Waals surface area contributed by atoms with Gasteiger partial charge in [-0.25, -0.2) is 0 Å². The van der Waals surface area contributed by atoms with Crippen LogP contribution < -0.4 is 10.1 Å². The highest BCUT2D eigenvalue weighted by atomic mass is 35.5. The van der Waals surface area contributed by atoms with E-state index < -0.39 is 6.04 Å². The van der Waals surface area contributed by atoms with Crippen LogP contribution in [0, 0.1) is 0 Å². The Morgan fingerprint density at radius 3 is 2.38 bits per heavy atom. The second-order valence-electron chi connectivity index (χ2n) is 6.49. The number of carbonyl (C=O) groups excluding carboxylic acids is 2. The lowest BCUT2D eigenvalue weighted by molar-refractivity contribution is -0.140. The summed E-state index contributed by atoms with van der Waals surface area (Å²) in [4.78, 5) is 28.0. The Labute approximate surface area is 181 Å². The molecule has 2 amide bonds. The zero-order chi connectivity index (χ0) is 21.2. The minimum atomic E-state index is -0.551. The molecule has 1 atom stereocenters. The lowest BCUT2D eigenvalue weighted by atomic mass is 10.1. The molecule has 2 rings (SSSR count). The summed E-state index contributed by atoms with van der Waals surface area (Å²) in [5.41, 5.74) is 0.945. The molecule has 0 aliphatic carbocycles. The molecule has 0 heterocycles. The number of hydrogen-bond acceptors (Lipinski definition) is 4. The number of ether oxygens (including phenoxy) is 1. The lowest BCUT2D eigenvalue weighted by Gasteiger charge is -2.28. The second kappa shape index (κ2) is 11.7. The number of thioether (sulfide) groups is 1. The molecule has 29 heavy (non-hydrogen) atoms. The number of nitrogens with one attached hydrogen (secondary N) is 1. The Morgan fingerprint density at radius 2 is 1.79 bits per heavy atom. The number of likely N-dealkylation sites (N-methyl/N-ethyl adjacent to an activating group) is 1. The van der Waals surface area contributed by atoms with Crippen LogP contribution in [0.15, 0.2) is 53.4 Å². The van der Waals surface area contributed by atoms with Gasteiger partial charge in [0.2, 0.25) is 11.8 Å². The van der Waals surface area contributed by atoms with Crippen molar-refractivity contribution in [1.29, 1.82) is 0 Å². The second-order valence-corrected chi connectivity index (χ2v) is 8.10. The first kappa shape index (κ1) is 23.1. The zero-order valence-electron chi connectivity index (χ0n) is 17.0. The molecule has 0 spiro atoms. The van der Waals surface area contributed by atoms with E-state index >= 15 is 0 Å². The summed E-state index contributed by atoms with van der Waals surface area (Å²) < 4.78 is 5.19. The molecule has 0 radical (unpaired) electrons. The molecule has 7 heteroatoms. The van der Waals surface area contributed by atoms with E-state index in [0.717, 1.165) is 16.2 Å². The SMILES string of the molecule is CCNC(=O)[C@H](C)N(Cc1ccc(OC)cc1)C(=O)CCSc1ccc(Cl)cc1. The third kappa shape index (κ3) is 7.29. The Morgan fingerprint density at radius 1 is 1.14 bits per heavy atom. The van der Waals surface area contributed by atoms with E-state index in [1.165, 1.54) is 0 Å². The lowest BCUT2D eigenvalue weighted by Crippen LogP contribution is -2.47. The number of carbonyl (C=O) groups is 2. The summed E-state index contributed by atoms with van der Waals surface area (Å²) in [6.45, 7) is 4.52. The summed E-state index contributed by atoms with van der Waals surface area (Å²) in [5, 5.41) is 3.49. The Balaban J connectivity index is 2.04. The van der Waals surface area contributed by atoms with Gasteiger partial charge in [-0.1, -0.05) is 23.7 Å². The Bertz CT molecular complexity index is 797. The van der Waals surface area contributed by atoms with Gasteiger partial charge in [0.1, 0.15) is 11.8 Å². The predicted octanol–water partition coefficient (Wildman–Crippen LogP) is 4.38. The maximum Gasteiger partial charge on any atom is 0.242 e. The summed E-state index contributed by atoms with van der Waals surface area (Å²) in [5.74, 6) is 1.17. The molecule has 2 aromatic rings. The molecule has 0 fully saturated rings. The first-order valence-corrected chi connectivity index (χ1v) is 10.9. The van der Waals surface area contributed by atoms with Crippen molar-refractivity contribution in [2.24, 2.45) is 0 Å². The molecule has 0 saturated heterocycles. The van der Waals surface area contributed by atoms with Crippen molar-refractivity contribution in [3.63, 3.8) is 0 Å². The van der Waals surface area contributed by atoms with Gasteiger partial charge < -0.3 is 15.0 Å². The van der Waals surface area contributed by atoms with E-state index in [1.54, 1.807) is 30.7 Å². The average Bonchev–Trinajstić information content (AvgIpc) is 2.73. The summed E-state index contributed by atoms with van der Waals surface area (Å²) >= 11 is 7.50. The number of methoxy groups -OCH3 is 1. The highest BCUT2D eigenvalue weighted by molar-refractivity contribution is 7.99. The van der Waals surface area contributed by atoms with Gasteiger partial charge in [-0.15, -0.1) is 11.8 Å². The van der Waals surface area contributed by atoms with Crippen LogP contribution in [0.1, 0.15) is 25.8 Å². The van der Waals surface area contributed by atoms with Gasteiger partial charge in [-0.05, 0) is 55.8 Å². The smallest absolute Gasteiger partial charge is 0.242 e. The van der Waals surface area contributed by atoms with Crippen molar-refractivity contribution >= 4 is 35.2 Å². The van der Waals surface area contributed by atoms with Crippen molar-refractivity contribution in [2.45, 2.75) is 37.8 Å². The van der Waals surface area contributed by atoms with E-state index in [9.17, 15) is 9.59 Å². The molecule has 0 aromatic heterocycles. The van der Waals surface area contributed by atoms with Crippen molar-refractivity contribution in [3.05, 3.63) is 59.1 Å². The standard InChI is InChI=1S/C22H27ClN2O3S/c1-4-24-22(27)16(2)25(15-17-5-9-19(28-3)10-6-17)21(26)13-14-29-20-11-7-18(23)8-12-20/h5-12,16H,4,13-15H2,1-3H3,(H,24,27)/t16-/m0/s1. The van der Waals surface area contributed by atoms with Crippen LogP contribution in [-0.4, -0.2) is 42.2 Å². The van der Waals surface area contributed by atoms with Crippen LogP contribution in [-0.2, 0) is 16.1 Å². The van der Waals surface area contributed by atoms with Crippen LogP contribution in [0.25, 0.3) is 0 Å². The molecule has 5 nitrogen and oxygen atoms in total. The molecular formula is C22H27ClN2O3S. The van der Waals surface area contributed by atoms with Crippen LogP contribution in [0.4, 0.5) is 0 Å². The van der Waals surface area contributed by atoms with Crippen LogP contribution in [0.2, 0.25) is 5.02 Å². The van der Waals surface area contributed by atoms with Gasteiger partial charge in [-0.3, -0.25) is 9.59 Å². The maximum absolute atomic E-state index is 13.0. The number of benzene rings is 2. The number of rotatable bonds is 10. The summed E-state index contributed by atoms with van der Waals surface area (Å²) in [6, 6.07) is 14.5. The first-order valence-electron chi connectivity index (χ1n) is 9.53. The summed E-state index contributed by atoms with van der Waals surface area (Å²) in [7, 11) is 1.61. The number of nitrogens with zero attached hydrogens (tertiary/aromatic N) is 1. The largest absolute Gasteiger partial charge is 0.497 e. The molecule has 2 aromatic carbocycles. The van der Waals surface area contributed by atoms with E-state index in [0.29, 0.717) is 30.3 Å². The fourth-order valence-electron chi connectivity index (χ4n) is 2.76. The molecule has 0 saturated carbocycles. The van der Waals surface area contributed by atoms with Crippen molar-refractivity contribution < 1.29 is 14.3 Å². The van der Waals surface area contributed by atoms with E-state index in [-0.39, 0.29) is 11.8 Å². The maximum atomic E-state index is 13.0. The summed E-state index contributed by atoms with van der Waals surface area (Å²) in [6.07, 6.45) is 0.340. The van der Waals surface area contributed by atoms with E-state index in [2.05, 4.69) is 5.32 Å². The number of hydrogen-bond donors (Lipinski definition) is 1. The topological polar surface area (TPSA) is 58.6 Å². The molecule has 0 unspecified atom stereocenters. The molecule has 156 valence electrons. The monoisotopic (exact) mass is 434 g/mol. The van der Waals surface area contributed by atoms with Gasteiger partial charge in [0.15, 0.2) is 0 Å². The van der Waals surface area contributed by atoms with Gasteiger partial charge in [0.25, 0.3) is 0 Å². The molecule has 1 N–H and O–H groups in total. The molecule has 0 aliphatic rings. The Kier molecular flexibility index (Phi) is 9.35. The van der Waals surface area contributed by atoms with Gasteiger partial charge in [0.05, 0.1) is 7.11 Å². The molecule has 0 bridgehead atoms. The van der Waals surface area contributed by atoms with Gasteiger partial charge in [-0.2, -0.15) is 0 Å². The van der Waals surface area contributed by atoms with Gasteiger partial charge in [0, 0.05) is 35.2 Å².